The Balaban J connectivity index is 1.62. The van der Waals surface area contributed by atoms with E-state index in [2.05, 4.69) is 5.32 Å². The molecule has 4 aromatic rings. The number of anilines is 1. The van der Waals surface area contributed by atoms with Gasteiger partial charge in [-0.3, -0.25) is 14.2 Å². The average Bonchev–Trinajstić information content (AvgIpc) is 3.33. The van der Waals surface area contributed by atoms with Crippen molar-refractivity contribution >= 4 is 56.5 Å². The largest absolute Gasteiger partial charge is 0.467 e. The van der Waals surface area contributed by atoms with Crippen LogP contribution < -0.4 is 10.9 Å². The van der Waals surface area contributed by atoms with Gasteiger partial charge in [0.05, 0.1) is 23.9 Å². The molecule has 0 unspecified atom stereocenters. The highest BCUT2D eigenvalue weighted by atomic mass is 35.5. The van der Waals surface area contributed by atoms with Gasteiger partial charge >= 0.3 is 0 Å². The first-order chi connectivity index (χ1) is 14.8. The number of rotatable bonds is 6. The Morgan fingerprint density at radius 2 is 2.10 bits per heavy atom. The quantitative estimate of drug-likeness (QED) is 0.299. The van der Waals surface area contributed by atoms with Crippen LogP contribution in [0.5, 0.6) is 0 Å². The average molecular weight is 474 g/mol. The van der Waals surface area contributed by atoms with Crippen LogP contribution in [0.15, 0.2) is 51.0 Å². The minimum atomic E-state index is -0.187. The number of fused-ring (bicyclic) bond motifs is 1. The molecule has 1 aromatic carbocycles. The third kappa shape index (κ3) is 4.56. The first-order valence-electron chi connectivity index (χ1n) is 9.55. The normalized spacial score (nSPS) is 11.2. The summed E-state index contributed by atoms with van der Waals surface area (Å²) in [4.78, 5) is 32.3. The zero-order valence-corrected chi connectivity index (χ0v) is 19.6. The van der Waals surface area contributed by atoms with Gasteiger partial charge in [-0.2, -0.15) is 0 Å². The van der Waals surface area contributed by atoms with Gasteiger partial charge in [-0.15, -0.1) is 11.3 Å². The minimum absolute atomic E-state index is 0.113. The Bertz CT molecular complexity index is 1330. The number of carbonyl (C=O) groups excluding carboxylic acids is 1. The zero-order chi connectivity index (χ0) is 22.1. The van der Waals surface area contributed by atoms with Crippen LogP contribution in [0.1, 0.15) is 21.8 Å². The van der Waals surface area contributed by atoms with Crippen molar-refractivity contribution < 1.29 is 9.21 Å². The molecule has 0 bridgehead atoms. The van der Waals surface area contributed by atoms with Gasteiger partial charge in [0.1, 0.15) is 10.6 Å². The van der Waals surface area contributed by atoms with E-state index in [9.17, 15) is 9.59 Å². The Morgan fingerprint density at radius 1 is 1.29 bits per heavy atom. The highest BCUT2D eigenvalue weighted by molar-refractivity contribution is 7.99. The van der Waals surface area contributed by atoms with E-state index in [-0.39, 0.29) is 23.8 Å². The molecule has 0 atom stereocenters. The maximum absolute atomic E-state index is 13.3. The van der Waals surface area contributed by atoms with Crippen molar-refractivity contribution in [3.63, 3.8) is 0 Å². The fourth-order valence-corrected chi connectivity index (χ4v) is 5.30. The fraction of sp³-hybridized carbons (Fsp3) is 0.227. The number of aromatic nitrogens is 2. The number of thioether (sulfide) groups is 1. The molecular weight excluding hydrogens is 454 g/mol. The number of nitrogens with one attached hydrogen (secondary N) is 1. The second kappa shape index (κ2) is 8.90. The van der Waals surface area contributed by atoms with Gasteiger partial charge < -0.3 is 9.73 Å². The summed E-state index contributed by atoms with van der Waals surface area (Å²) < 4.78 is 7.01. The van der Waals surface area contributed by atoms with Crippen LogP contribution >= 0.6 is 34.7 Å². The molecule has 0 aliphatic rings. The van der Waals surface area contributed by atoms with Crippen LogP contribution in [0.25, 0.3) is 10.2 Å². The summed E-state index contributed by atoms with van der Waals surface area (Å²) in [5, 5.41) is 4.61. The number of carbonyl (C=O) groups is 1. The number of thiophene rings is 1. The molecule has 1 N–H and O–H groups in total. The molecule has 0 aliphatic carbocycles. The summed E-state index contributed by atoms with van der Waals surface area (Å²) in [6.45, 7) is 6.05. The van der Waals surface area contributed by atoms with Crippen LogP contribution in [0.4, 0.5) is 5.69 Å². The summed E-state index contributed by atoms with van der Waals surface area (Å²) in [5.41, 5.74) is 2.40. The highest BCUT2D eigenvalue weighted by Crippen LogP contribution is 2.29. The van der Waals surface area contributed by atoms with Crippen molar-refractivity contribution in [2.24, 2.45) is 0 Å². The second-order valence-electron chi connectivity index (χ2n) is 7.12. The summed E-state index contributed by atoms with van der Waals surface area (Å²) >= 11 is 8.70. The van der Waals surface area contributed by atoms with Gasteiger partial charge in [0.25, 0.3) is 5.56 Å². The maximum atomic E-state index is 13.3. The Labute approximate surface area is 192 Å². The third-order valence-corrected chi connectivity index (χ3v) is 7.26. The van der Waals surface area contributed by atoms with E-state index in [1.54, 1.807) is 35.1 Å². The van der Waals surface area contributed by atoms with Crippen molar-refractivity contribution in [2.75, 3.05) is 11.1 Å². The Morgan fingerprint density at radius 3 is 2.81 bits per heavy atom. The van der Waals surface area contributed by atoms with Crippen molar-refractivity contribution in [1.29, 1.82) is 0 Å². The Kier molecular flexibility index (Phi) is 6.22. The minimum Gasteiger partial charge on any atom is -0.467 e. The lowest BCUT2D eigenvalue weighted by atomic mass is 10.2. The van der Waals surface area contributed by atoms with Crippen LogP contribution in [-0.2, 0) is 11.3 Å². The molecule has 0 radical (unpaired) electrons. The lowest BCUT2D eigenvalue weighted by Gasteiger charge is -2.12. The molecule has 0 spiro atoms. The predicted molar refractivity (Wildman–Crippen MR) is 127 cm³/mol. The first-order valence-corrected chi connectivity index (χ1v) is 11.7. The molecule has 3 heterocycles. The van der Waals surface area contributed by atoms with E-state index in [4.69, 9.17) is 21.0 Å². The van der Waals surface area contributed by atoms with Gasteiger partial charge in [-0.05, 0) is 62.2 Å². The molecule has 0 saturated heterocycles. The topological polar surface area (TPSA) is 77.1 Å². The molecule has 3 aromatic heterocycles. The van der Waals surface area contributed by atoms with E-state index in [1.165, 1.54) is 23.1 Å². The third-order valence-electron chi connectivity index (χ3n) is 4.94. The summed E-state index contributed by atoms with van der Waals surface area (Å²) in [5.74, 6) is 0.574. The van der Waals surface area contributed by atoms with Crippen molar-refractivity contribution in [3.05, 3.63) is 73.7 Å². The van der Waals surface area contributed by atoms with E-state index in [0.717, 1.165) is 16.0 Å². The second-order valence-corrected chi connectivity index (χ2v) is 9.71. The molecule has 4 rings (SSSR count). The molecule has 0 saturated carbocycles. The standard InChI is InChI=1S/C22H20ClN3O3S2/c1-12-9-15(23)6-7-17(12)24-18(27)11-30-22-25-20-19(13(2)14(3)31-20)21(28)26(22)10-16-5-4-8-29-16/h4-9H,10-11H2,1-3H3,(H,24,27). The van der Waals surface area contributed by atoms with Crippen molar-refractivity contribution in [3.8, 4) is 0 Å². The van der Waals surface area contributed by atoms with Gasteiger partial charge in [-0.1, -0.05) is 23.4 Å². The molecule has 0 fully saturated rings. The lowest BCUT2D eigenvalue weighted by Crippen LogP contribution is -2.24. The highest BCUT2D eigenvalue weighted by Gasteiger charge is 2.18. The zero-order valence-electron chi connectivity index (χ0n) is 17.2. The first kappa shape index (κ1) is 21.7. The van der Waals surface area contributed by atoms with Gasteiger partial charge in [0.15, 0.2) is 5.16 Å². The number of benzene rings is 1. The molecule has 31 heavy (non-hydrogen) atoms. The summed E-state index contributed by atoms with van der Waals surface area (Å²) in [7, 11) is 0. The number of nitrogens with zero attached hydrogens (tertiary/aromatic N) is 2. The van der Waals surface area contributed by atoms with Crippen LogP contribution in [-0.4, -0.2) is 21.2 Å². The smallest absolute Gasteiger partial charge is 0.263 e. The van der Waals surface area contributed by atoms with Crippen LogP contribution in [0.3, 0.4) is 0 Å². The number of aryl methyl sites for hydroxylation is 3. The molecule has 9 heteroatoms. The number of amides is 1. The molecular formula is C22H20ClN3O3S2. The lowest BCUT2D eigenvalue weighted by molar-refractivity contribution is -0.113. The Hall–Kier alpha value is -2.55. The van der Waals surface area contributed by atoms with E-state index < -0.39 is 0 Å². The van der Waals surface area contributed by atoms with Crippen LogP contribution in [0, 0.1) is 20.8 Å². The summed E-state index contributed by atoms with van der Waals surface area (Å²) in [6, 6.07) is 8.89. The van der Waals surface area contributed by atoms with E-state index >= 15 is 0 Å². The SMILES string of the molecule is Cc1cc(Cl)ccc1NC(=O)CSc1nc2sc(C)c(C)c2c(=O)n1Cc1ccco1. The fourth-order valence-electron chi connectivity index (χ4n) is 3.20. The number of furan rings is 1. The van der Waals surface area contributed by atoms with Crippen molar-refractivity contribution in [1.82, 2.24) is 9.55 Å². The maximum Gasteiger partial charge on any atom is 0.263 e. The molecule has 6 nitrogen and oxygen atoms in total. The van der Waals surface area contributed by atoms with E-state index in [1.807, 2.05) is 26.8 Å². The summed E-state index contributed by atoms with van der Waals surface area (Å²) in [6.07, 6.45) is 1.57. The number of hydrogen-bond acceptors (Lipinski definition) is 6. The van der Waals surface area contributed by atoms with E-state index in [0.29, 0.717) is 31.8 Å². The van der Waals surface area contributed by atoms with Crippen LogP contribution in [0.2, 0.25) is 5.02 Å². The van der Waals surface area contributed by atoms with Gasteiger partial charge in [0.2, 0.25) is 5.91 Å². The molecule has 1 amide bonds. The van der Waals surface area contributed by atoms with Gasteiger partial charge in [-0.25, -0.2) is 4.98 Å². The number of hydrogen-bond donors (Lipinski definition) is 1. The molecule has 0 aliphatic heterocycles. The van der Waals surface area contributed by atoms with Crippen molar-refractivity contribution in [2.45, 2.75) is 32.5 Å². The van der Waals surface area contributed by atoms with Gasteiger partial charge in [0, 0.05) is 15.6 Å². The predicted octanol–water partition coefficient (Wildman–Crippen LogP) is 5.41. The molecule has 160 valence electrons. The monoisotopic (exact) mass is 473 g/mol. The number of halogens is 1.